The molecule has 0 aromatic carbocycles. The van der Waals surface area contributed by atoms with Gasteiger partial charge in [-0.25, -0.2) is 4.79 Å². The summed E-state index contributed by atoms with van der Waals surface area (Å²) in [7, 11) is 0. The number of aryl methyl sites for hydroxylation is 1. The maximum Gasteiger partial charge on any atom is 0.338 e. The molecule has 4 nitrogen and oxygen atoms in total. The van der Waals surface area contributed by atoms with E-state index < -0.39 is 5.69 Å². The average Bonchev–Trinajstić information content (AvgIpc) is 1.99. The lowest BCUT2D eigenvalue weighted by Gasteiger charge is -1.95. The van der Waals surface area contributed by atoms with Crippen molar-refractivity contribution in [1.82, 2.24) is 8.58 Å². The minimum atomic E-state index is -0.436. The Morgan fingerprint density at radius 1 is 1.64 bits per heavy atom. The SMILES string of the molecule is CCc1cc(=O)n(Br)c(=O)[nH]1. The second-order valence-corrected chi connectivity index (χ2v) is 2.78. The molecule has 0 aliphatic carbocycles. The van der Waals surface area contributed by atoms with E-state index in [1.807, 2.05) is 6.92 Å². The smallest absolute Gasteiger partial charge is 0.310 e. The van der Waals surface area contributed by atoms with E-state index in [1.54, 1.807) is 0 Å². The monoisotopic (exact) mass is 218 g/mol. The van der Waals surface area contributed by atoms with Gasteiger partial charge in [-0.05, 0) is 6.42 Å². The van der Waals surface area contributed by atoms with E-state index in [9.17, 15) is 9.59 Å². The molecule has 0 spiro atoms. The van der Waals surface area contributed by atoms with Crippen molar-refractivity contribution in [3.05, 3.63) is 32.6 Å². The molecule has 0 aliphatic rings. The van der Waals surface area contributed by atoms with Gasteiger partial charge in [0.2, 0.25) is 0 Å². The van der Waals surface area contributed by atoms with Crippen molar-refractivity contribution in [2.75, 3.05) is 0 Å². The fraction of sp³-hybridized carbons (Fsp3) is 0.333. The number of rotatable bonds is 1. The van der Waals surface area contributed by atoms with Gasteiger partial charge in [-0.15, -0.1) is 0 Å². The van der Waals surface area contributed by atoms with E-state index in [2.05, 4.69) is 21.1 Å². The lowest BCUT2D eigenvalue weighted by Crippen LogP contribution is -2.29. The van der Waals surface area contributed by atoms with E-state index in [0.717, 1.165) is 3.59 Å². The summed E-state index contributed by atoms with van der Waals surface area (Å²) in [6.07, 6.45) is 0.651. The van der Waals surface area contributed by atoms with E-state index in [-0.39, 0.29) is 5.56 Å². The van der Waals surface area contributed by atoms with E-state index in [0.29, 0.717) is 12.1 Å². The summed E-state index contributed by atoms with van der Waals surface area (Å²) in [4.78, 5) is 24.3. The molecule has 0 bridgehead atoms. The van der Waals surface area contributed by atoms with Gasteiger partial charge in [0.05, 0.1) is 16.1 Å². The highest BCUT2D eigenvalue weighted by Gasteiger charge is 1.98. The Hall–Kier alpha value is -0.840. The van der Waals surface area contributed by atoms with Crippen molar-refractivity contribution in [1.29, 1.82) is 0 Å². The van der Waals surface area contributed by atoms with Crippen LogP contribution >= 0.6 is 16.1 Å². The van der Waals surface area contributed by atoms with Gasteiger partial charge < -0.3 is 4.98 Å². The van der Waals surface area contributed by atoms with Gasteiger partial charge in [-0.2, -0.15) is 3.59 Å². The van der Waals surface area contributed by atoms with Crippen LogP contribution in [0.25, 0.3) is 0 Å². The first-order valence-electron chi connectivity index (χ1n) is 3.16. The van der Waals surface area contributed by atoms with Crippen molar-refractivity contribution in [2.45, 2.75) is 13.3 Å². The summed E-state index contributed by atoms with van der Waals surface area (Å²) >= 11 is 2.80. The lowest BCUT2D eigenvalue weighted by atomic mass is 10.3. The summed E-state index contributed by atoms with van der Waals surface area (Å²) < 4.78 is 0.853. The molecule has 0 radical (unpaired) electrons. The number of hydrogen-bond donors (Lipinski definition) is 1. The Kier molecular flexibility index (Phi) is 2.28. The van der Waals surface area contributed by atoms with Gasteiger partial charge >= 0.3 is 5.69 Å². The third kappa shape index (κ3) is 1.59. The molecule has 60 valence electrons. The summed E-state index contributed by atoms with van der Waals surface area (Å²) in [5.41, 5.74) is -0.129. The largest absolute Gasteiger partial charge is 0.338 e. The van der Waals surface area contributed by atoms with Gasteiger partial charge in [0.15, 0.2) is 0 Å². The van der Waals surface area contributed by atoms with Gasteiger partial charge in [-0.3, -0.25) is 4.79 Å². The molecular formula is C6H7BrN2O2. The molecule has 0 atom stereocenters. The maximum atomic E-state index is 10.9. The van der Waals surface area contributed by atoms with Gasteiger partial charge in [0.1, 0.15) is 0 Å². The van der Waals surface area contributed by atoms with E-state index in [4.69, 9.17) is 0 Å². The Labute approximate surface area is 71.2 Å². The predicted octanol–water partition coefficient (Wildman–Crippen LogP) is 0.257. The van der Waals surface area contributed by atoms with Crippen molar-refractivity contribution in [3.63, 3.8) is 0 Å². The number of hydrogen-bond acceptors (Lipinski definition) is 2. The number of nitrogens with one attached hydrogen (secondary N) is 1. The highest BCUT2D eigenvalue weighted by atomic mass is 79.9. The molecule has 1 aromatic heterocycles. The van der Waals surface area contributed by atoms with Crippen molar-refractivity contribution in [2.24, 2.45) is 0 Å². The minimum Gasteiger partial charge on any atom is -0.310 e. The van der Waals surface area contributed by atoms with Crippen molar-refractivity contribution >= 4 is 16.1 Å². The molecular weight excluding hydrogens is 212 g/mol. The molecule has 0 amide bonds. The van der Waals surface area contributed by atoms with Gasteiger partial charge in [0, 0.05) is 11.8 Å². The van der Waals surface area contributed by atoms with Crippen molar-refractivity contribution < 1.29 is 0 Å². The van der Waals surface area contributed by atoms with Crippen LogP contribution in [0, 0.1) is 0 Å². The standard InChI is InChI=1S/C6H7BrN2O2/c1-2-4-3-5(10)9(7)6(11)8-4/h3H,2H2,1H3,(H,8,11). The zero-order valence-electron chi connectivity index (χ0n) is 5.93. The lowest BCUT2D eigenvalue weighted by molar-refractivity contribution is 0.914. The summed E-state index contributed by atoms with van der Waals surface area (Å²) in [5, 5.41) is 0. The second kappa shape index (κ2) is 3.04. The average molecular weight is 219 g/mol. The molecule has 1 rings (SSSR count). The van der Waals surface area contributed by atoms with Crippen molar-refractivity contribution in [3.8, 4) is 0 Å². The van der Waals surface area contributed by atoms with Crippen LogP contribution in [0.3, 0.4) is 0 Å². The Bertz CT molecular complexity index is 334. The predicted molar refractivity (Wildman–Crippen MR) is 45.0 cm³/mol. The van der Waals surface area contributed by atoms with E-state index >= 15 is 0 Å². The third-order valence-electron chi connectivity index (χ3n) is 1.32. The van der Waals surface area contributed by atoms with Gasteiger partial charge in [-0.1, -0.05) is 6.92 Å². The molecule has 0 aliphatic heterocycles. The first kappa shape index (κ1) is 8.26. The van der Waals surface area contributed by atoms with Crippen LogP contribution < -0.4 is 11.2 Å². The maximum absolute atomic E-state index is 10.9. The molecule has 1 N–H and O–H groups in total. The molecule has 0 saturated heterocycles. The van der Waals surface area contributed by atoms with Crippen LogP contribution in [0.5, 0.6) is 0 Å². The fourth-order valence-corrected chi connectivity index (χ4v) is 0.910. The summed E-state index contributed by atoms with van der Waals surface area (Å²) in [6.45, 7) is 1.86. The number of H-pyrrole nitrogens is 1. The highest BCUT2D eigenvalue weighted by Crippen LogP contribution is 1.86. The topological polar surface area (TPSA) is 54.9 Å². The summed E-state index contributed by atoms with van der Waals surface area (Å²) in [6, 6.07) is 1.39. The zero-order valence-corrected chi connectivity index (χ0v) is 7.51. The molecule has 11 heavy (non-hydrogen) atoms. The van der Waals surface area contributed by atoms with Crippen LogP contribution in [0.1, 0.15) is 12.6 Å². The summed E-state index contributed by atoms with van der Waals surface area (Å²) in [5.74, 6) is 0. The molecule has 0 unspecified atom stereocenters. The number of aromatic nitrogens is 2. The minimum absolute atomic E-state index is 0.342. The number of halogens is 1. The molecule has 1 aromatic rings. The quantitative estimate of drug-likeness (QED) is 0.736. The first-order chi connectivity index (χ1) is 5.15. The van der Waals surface area contributed by atoms with Crippen LogP contribution in [0.2, 0.25) is 0 Å². The molecule has 0 saturated carbocycles. The third-order valence-corrected chi connectivity index (χ3v) is 1.99. The van der Waals surface area contributed by atoms with Crippen LogP contribution in [0.4, 0.5) is 0 Å². The fourth-order valence-electron chi connectivity index (χ4n) is 0.719. The second-order valence-electron chi connectivity index (χ2n) is 2.07. The van der Waals surface area contributed by atoms with Crippen LogP contribution in [-0.4, -0.2) is 8.58 Å². The zero-order chi connectivity index (χ0) is 8.43. The number of aromatic amines is 1. The highest BCUT2D eigenvalue weighted by molar-refractivity contribution is 9.08. The Morgan fingerprint density at radius 2 is 2.27 bits per heavy atom. The van der Waals surface area contributed by atoms with Gasteiger partial charge in [0.25, 0.3) is 5.56 Å². The molecule has 1 heterocycles. The number of nitrogens with zero attached hydrogens (tertiary/aromatic N) is 1. The molecule has 5 heteroatoms. The first-order valence-corrected chi connectivity index (χ1v) is 3.87. The Morgan fingerprint density at radius 3 is 2.73 bits per heavy atom. The normalized spacial score (nSPS) is 10.0. The van der Waals surface area contributed by atoms with E-state index in [1.165, 1.54) is 6.07 Å². The Balaban J connectivity index is 3.45. The van der Waals surface area contributed by atoms with Crippen LogP contribution in [0.15, 0.2) is 15.7 Å². The van der Waals surface area contributed by atoms with Crippen LogP contribution in [-0.2, 0) is 6.42 Å². The molecule has 0 fully saturated rings.